The molecule has 0 aliphatic carbocycles. The Morgan fingerprint density at radius 1 is 0.880 bits per heavy atom. The first kappa shape index (κ1) is 16.0. The highest BCUT2D eigenvalue weighted by Crippen LogP contribution is 2.30. The zero-order valence-corrected chi connectivity index (χ0v) is 14.6. The van der Waals surface area contributed by atoms with Crippen molar-refractivity contribution in [3.63, 3.8) is 0 Å². The predicted octanol–water partition coefficient (Wildman–Crippen LogP) is 5.18. The Bertz CT molecular complexity index is 1180. The Kier molecular flexibility index (Phi) is 3.90. The van der Waals surface area contributed by atoms with Crippen molar-refractivity contribution in [1.82, 2.24) is 0 Å². The van der Waals surface area contributed by atoms with Gasteiger partial charge in [-0.15, -0.1) is 0 Å². The summed E-state index contributed by atoms with van der Waals surface area (Å²) in [6.07, 6.45) is 0. The van der Waals surface area contributed by atoms with Gasteiger partial charge in [-0.2, -0.15) is 0 Å². The van der Waals surface area contributed by atoms with Crippen molar-refractivity contribution in [1.29, 1.82) is 0 Å². The van der Waals surface area contributed by atoms with Gasteiger partial charge < -0.3 is 4.42 Å². The van der Waals surface area contributed by atoms with Gasteiger partial charge in [0.1, 0.15) is 11.2 Å². The van der Waals surface area contributed by atoms with Gasteiger partial charge in [0.05, 0.1) is 11.4 Å². The second-order valence-electron chi connectivity index (χ2n) is 5.76. The standard InChI is InChI=1S/C19H14ClNO3S/c20-17-7-3-1-5-13(17)12-25(22,23)21-14-9-10-16-15-6-2-4-8-18(15)24-19(16)11-14/h1-11,21H,12H2. The van der Waals surface area contributed by atoms with Crippen LogP contribution in [0.25, 0.3) is 21.9 Å². The van der Waals surface area contributed by atoms with Crippen molar-refractivity contribution in [2.75, 3.05) is 4.72 Å². The molecule has 0 bridgehead atoms. The first-order valence-electron chi connectivity index (χ1n) is 7.67. The van der Waals surface area contributed by atoms with E-state index in [2.05, 4.69) is 4.72 Å². The summed E-state index contributed by atoms with van der Waals surface area (Å²) < 4.78 is 33.2. The highest BCUT2D eigenvalue weighted by molar-refractivity contribution is 7.91. The minimum atomic E-state index is -3.59. The fraction of sp³-hybridized carbons (Fsp3) is 0.0526. The normalized spacial score (nSPS) is 11.9. The summed E-state index contributed by atoms with van der Waals surface area (Å²) in [7, 11) is -3.59. The first-order chi connectivity index (χ1) is 12.0. The Hall–Kier alpha value is -2.50. The van der Waals surface area contributed by atoms with E-state index in [1.807, 2.05) is 30.3 Å². The smallest absolute Gasteiger partial charge is 0.236 e. The molecule has 0 aliphatic rings. The molecule has 0 amide bonds. The van der Waals surface area contributed by atoms with Crippen molar-refractivity contribution < 1.29 is 12.8 Å². The summed E-state index contributed by atoms with van der Waals surface area (Å²) in [6.45, 7) is 0. The van der Waals surface area contributed by atoms with Gasteiger partial charge in [0.15, 0.2) is 0 Å². The van der Waals surface area contributed by atoms with E-state index in [0.29, 0.717) is 21.9 Å². The van der Waals surface area contributed by atoms with Crippen LogP contribution in [0.3, 0.4) is 0 Å². The Morgan fingerprint density at radius 2 is 1.60 bits per heavy atom. The number of anilines is 1. The molecular formula is C19H14ClNO3S. The molecule has 6 heteroatoms. The van der Waals surface area contributed by atoms with Crippen LogP contribution >= 0.6 is 11.6 Å². The van der Waals surface area contributed by atoms with Crippen LogP contribution in [0.2, 0.25) is 5.02 Å². The lowest BCUT2D eigenvalue weighted by Gasteiger charge is -2.09. The summed E-state index contributed by atoms with van der Waals surface area (Å²) in [5.41, 5.74) is 2.42. The molecule has 4 nitrogen and oxygen atoms in total. The highest BCUT2D eigenvalue weighted by atomic mass is 35.5. The predicted molar refractivity (Wildman–Crippen MR) is 101 cm³/mol. The van der Waals surface area contributed by atoms with Crippen LogP contribution in [0.5, 0.6) is 0 Å². The SMILES string of the molecule is O=S(=O)(Cc1ccccc1Cl)Nc1ccc2c(c1)oc1ccccc12. The van der Waals surface area contributed by atoms with Crippen LogP contribution in [0.15, 0.2) is 71.1 Å². The van der Waals surface area contributed by atoms with Crippen molar-refractivity contribution in [3.8, 4) is 0 Å². The summed E-state index contributed by atoms with van der Waals surface area (Å²) in [5, 5.41) is 2.38. The number of para-hydroxylation sites is 1. The third-order valence-corrected chi connectivity index (χ3v) is 5.56. The maximum Gasteiger partial charge on any atom is 0.236 e. The Balaban J connectivity index is 1.65. The average Bonchev–Trinajstić information content (AvgIpc) is 2.94. The number of benzene rings is 3. The number of sulfonamides is 1. The molecule has 126 valence electrons. The number of halogens is 1. The summed E-state index contributed by atoms with van der Waals surface area (Å²) in [6, 6.07) is 19.9. The molecule has 0 radical (unpaired) electrons. The summed E-state index contributed by atoms with van der Waals surface area (Å²) in [5.74, 6) is -0.190. The van der Waals surface area contributed by atoms with Crippen LogP contribution in [0.1, 0.15) is 5.56 Å². The molecule has 1 aromatic heterocycles. The molecule has 0 fully saturated rings. The largest absolute Gasteiger partial charge is 0.456 e. The maximum atomic E-state index is 12.4. The third-order valence-electron chi connectivity index (χ3n) is 3.96. The molecule has 0 unspecified atom stereocenters. The van der Waals surface area contributed by atoms with Crippen LogP contribution in [-0.4, -0.2) is 8.42 Å². The molecule has 0 atom stereocenters. The molecule has 0 aliphatic heterocycles. The van der Waals surface area contributed by atoms with Crippen molar-refractivity contribution in [2.24, 2.45) is 0 Å². The van der Waals surface area contributed by atoms with E-state index in [1.54, 1.807) is 36.4 Å². The maximum absolute atomic E-state index is 12.4. The first-order valence-corrected chi connectivity index (χ1v) is 9.70. The van der Waals surface area contributed by atoms with E-state index in [9.17, 15) is 8.42 Å². The van der Waals surface area contributed by atoms with Gasteiger partial charge in [-0.05, 0) is 29.8 Å². The molecule has 3 aromatic carbocycles. The molecule has 0 saturated heterocycles. The minimum absolute atomic E-state index is 0.190. The van der Waals surface area contributed by atoms with Crippen LogP contribution in [0, 0.1) is 0 Å². The number of nitrogens with one attached hydrogen (secondary N) is 1. The molecular weight excluding hydrogens is 358 g/mol. The van der Waals surface area contributed by atoms with Crippen molar-refractivity contribution in [3.05, 3.63) is 77.3 Å². The monoisotopic (exact) mass is 371 g/mol. The fourth-order valence-corrected chi connectivity index (χ4v) is 4.33. The molecule has 0 saturated carbocycles. The lowest BCUT2D eigenvalue weighted by atomic mass is 10.1. The second-order valence-corrected chi connectivity index (χ2v) is 7.89. The van der Waals surface area contributed by atoms with Gasteiger partial charge in [0.25, 0.3) is 0 Å². The lowest BCUT2D eigenvalue weighted by molar-refractivity contribution is 0.600. The van der Waals surface area contributed by atoms with E-state index in [0.717, 1.165) is 16.4 Å². The van der Waals surface area contributed by atoms with Gasteiger partial charge in [-0.3, -0.25) is 4.72 Å². The van der Waals surface area contributed by atoms with Gasteiger partial charge in [-0.25, -0.2) is 8.42 Å². The fourth-order valence-electron chi connectivity index (χ4n) is 2.83. The molecule has 1 N–H and O–H groups in total. The zero-order valence-electron chi connectivity index (χ0n) is 13.1. The van der Waals surface area contributed by atoms with E-state index in [4.69, 9.17) is 16.0 Å². The summed E-state index contributed by atoms with van der Waals surface area (Å²) in [4.78, 5) is 0. The van der Waals surface area contributed by atoms with Gasteiger partial charge in [0.2, 0.25) is 10.0 Å². The van der Waals surface area contributed by atoms with Gasteiger partial charge >= 0.3 is 0 Å². The van der Waals surface area contributed by atoms with E-state index in [1.165, 1.54) is 0 Å². The van der Waals surface area contributed by atoms with Crippen molar-refractivity contribution in [2.45, 2.75) is 5.75 Å². The zero-order chi connectivity index (χ0) is 17.4. The average molecular weight is 372 g/mol. The molecule has 4 aromatic rings. The number of fused-ring (bicyclic) bond motifs is 3. The van der Waals surface area contributed by atoms with Gasteiger partial charge in [-0.1, -0.05) is 48.0 Å². The molecule has 0 spiro atoms. The Morgan fingerprint density at radius 3 is 2.44 bits per heavy atom. The Labute approximate surface area is 150 Å². The van der Waals surface area contributed by atoms with Crippen LogP contribution < -0.4 is 4.72 Å². The van der Waals surface area contributed by atoms with E-state index in [-0.39, 0.29) is 5.75 Å². The van der Waals surface area contributed by atoms with Crippen LogP contribution in [-0.2, 0) is 15.8 Å². The molecule has 4 rings (SSSR count). The lowest BCUT2D eigenvalue weighted by Crippen LogP contribution is -2.15. The minimum Gasteiger partial charge on any atom is -0.456 e. The van der Waals surface area contributed by atoms with Crippen LogP contribution in [0.4, 0.5) is 5.69 Å². The molecule has 25 heavy (non-hydrogen) atoms. The highest BCUT2D eigenvalue weighted by Gasteiger charge is 2.15. The number of furan rings is 1. The van der Waals surface area contributed by atoms with Gasteiger partial charge in [0, 0.05) is 21.9 Å². The quantitative estimate of drug-likeness (QED) is 0.537. The topological polar surface area (TPSA) is 59.3 Å². The third kappa shape index (κ3) is 3.21. The van der Waals surface area contributed by atoms with E-state index >= 15 is 0 Å². The van der Waals surface area contributed by atoms with Crippen molar-refractivity contribution >= 4 is 49.3 Å². The number of rotatable bonds is 4. The van der Waals surface area contributed by atoms with E-state index < -0.39 is 10.0 Å². The number of hydrogen-bond acceptors (Lipinski definition) is 3. The summed E-state index contributed by atoms with van der Waals surface area (Å²) >= 11 is 6.05. The number of hydrogen-bond donors (Lipinski definition) is 1. The molecule has 1 heterocycles. The second kappa shape index (κ2) is 6.10.